The van der Waals surface area contributed by atoms with Crippen molar-refractivity contribution in [2.45, 2.75) is 25.9 Å². The Labute approximate surface area is 113 Å². The predicted molar refractivity (Wildman–Crippen MR) is 71.8 cm³/mol. The summed E-state index contributed by atoms with van der Waals surface area (Å²) in [5, 5.41) is 0. The topological polar surface area (TPSA) is 29.5 Å². The minimum absolute atomic E-state index is 0.169. The summed E-state index contributed by atoms with van der Waals surface area (Å²) in [6.45, 7) is 4.57. The molecule has 4 heteroatoms. The average molecular weight is 265 g/mol. The normalized spacial score (nSPS) is 19.0. The lowest BCUT2D eigenvalue weighted by atomic mass is 10.1. The molecule has 0 N–H and O–H groups in total. The van der Waals surface area contributed by atoms with E-state index < -0.39 is 5.82 Å². The lowest BCUT2D eigenvalue weighted by Crippen LogP contribution is -2.36. The Hall–Kier alpha value is -1.26. The number of carbonyl (C=O) groups is 1. The molecule has 0 aromatic heterocycles. The maximum atomic E-state index is 13.5. The van der Waals surface area contributed by atoms with E-state index in [9.17, 15) is 9.18 Å². The van der Waals surface area contributed by atoms with Crippen LogP contribution in [0.2, 0.25) is 0 Å². The van der Waals surface area contributed by atoms with E-state index in [0.717, 1.165) is 32.5 Å². The van der Waals surface area contributed by atoms with Gasteiger partial charge in [0.05, 0.1) is 18.2 Å². The first kappa shape index (κ1) is 14.2. The van der Waals surface area contributed by atoms with Crippen LogP contribution in [0.25, 0.3) is 0 Å². The van der Waals surface area contributed by atoms with Crippen molar-refractivity contribution in [2.75, 3.05) is 26.2 Å². The molecule has 0 aliphatic carbocycles. The number of ketones is 1. The third-order valence-electron chi connectivity index (χ3n) is 3.47. The van der Waals surface area contributed by atoms with Gasteiger partial charge in [0.1, 0.15) is 5.82 Å². The standard InChI is InChI=1S/C15H20FNO2/c1-2-17(10-12-6-5-9-19-12)11-15(18)13-7-3-4-8-14(13)16/h3-4,7-8,12H,2,5-6,9-11H2,1H3. The third kappa shape index (κ3) is 3.85. The Morgan fingerprint density at radius 3 is 2.89 bits per heavy atom. The molecule has 3 nitrogen and oxygen atoms in total. The van der Waals surface area contributed by atoms with Crippen molar-refractivity contribution in [2.24, 2.45) is 0 Å². The quantitative estimate of drug-likeness (QED) is 0.740. The number of nitrogens with zero attached hydrogens (tertiary/aromatic N) is 1. The highest BCUT2D eigenvalue weighted by Crippen LogP contribution is 2.14. The highest BCUT2D eigenvalue weighted by atomic mass is 19.1. The second kappa shape index (κ2) is 6.78. The summed E-state index contributed by atoms with van der Waals surface area (Å²) in [6, 6.07) is 6.14. The van der Waals surface area contributed by atoms with Gasteiger partial charge in [-0.1, -0.05) is 19.1 Å². The summed E-state index contributed by atoms with van der Waals surface area (Å²) in [6.07, 6.45) is 2.35. The van der Waals surface area contributed by atoms with Gasteiger partial charge in [-0.25, -0.2) is 4.39 Å². The molecule has 0 radical (unpaired) electrons. The molecule has 1 fully saturated rings. The van der Waals surface area contributed by atoms with E-state index >= 15 is 0 Å². The van der Waals surface area contributed by atoms with Gasteiger partial charge in [0.2, 0.25) is 0 Å². The second-order valence-electron chi connectivity index (χ2n) is 4.87. The van der Waals surface area contributed by atoms with Crippen molar-refractivity contribution < 1.29 is 13.9 Å². The van der Waals surface area contributed by atoms with Gasteiger partial charge >= 0.3 is 0 Å². The lowest BCUT2D eigenvalue weighted by molar-refractivity contribution is 0.0685. The molecular weight excluding hydrogens is 245 g/mol. The third-order valence-corrected chi connectivity index (χ3v) is 3.47. The van der Waals surface area contributed by atoms with E-state index in [1.807, 2.05) is 11.8 Å². The van der Waals surface area contributed by atoms with Crippen LogP contribution in [0.4, 0.5) is 4.39 Å². The summed E-state index contributed by atoms with van der Waals surface area (Å²) in [5.41, 5.74) is 0.174. The number of rotatable bonds is 6. The molecule has 104 valence electrons. The molecule has 2 rings (SSSR count). The number of benzene rings is 1. The van der Waals surface area contributed by atoms with Gasteiger partial charge in [0.15, 0.2) is 5.78 Å². The van der Waals surface area contributed by atoms with Gasteiger partial charge < -0.3 is 4.74 Å². The number of carbonyl (C=O) groups excluding carboxylic acids is 1. The summed E-state index contributed by atoms with van der Waals surface area (Å²) in [7, 11) is 0. The van der Waals surface area contributed by atoms with Crippen LogP contribution in [0.5, 0.6) is 0 Å². The van der Waals surface area contributed by atoms with E-state index in [2.05, 4.69) is 0 Å². The van der Waals surface area contributed by atoms with Gasteiger partial charge in [-0.15, -0.1) is 0 Å². The maximum Gasteiger partial charge on any atom is 0.179 e. The largest absolute Gasteiger partial charge is 0.377 e. The number of ether oxygens (including phenoxy) is 1. The van der Waals surface area contributed by atoms with Crippen molar-refractivity contribution in [1.29, 1.82) is 0 Å². The van der Waals surface area contributed by atoms with E-state index in [1.165, 1.54) is 12.1 Å². The Morgan fingerprint density at radius 1 is 1.47 bits per heavy atom. The molecule has 0 bridgehead atoms. The first-order valence-electron chi connectivity index (χ1n) is 6.82. The van der Waals surface area contributed by atoms with E-state index in [0.29, 0.717) is 0 Å². The number of likely N-dealkylation sites (N-methyl/N-ethyl adjacent to an activating group) is 1. The molecule has 1 aliphatic rings. The first-order valence-corrected chi connectivity index (χ1v) is 6.82. The fraction of sp³-hybridized carbons (Fsp3) is 0.533. The van der Waals surface area contributed by atoms with E-state index in [-0.39, 0.29) is 24.0 Å². The van der Waals surface area contributed by atoms with Crippen LogP contribution in [0.15, 0.2) is 24.3 Å². The fourth-order valence-corrected chi connectivity index (χ4v) is 2.36. The van der Waals surface area contributed by atoms with Gasteiger partial charge in [-0.2, -0.15) is 0 Å². The van der Waals surface area contributed by atoms with Gasteiger partial charge in [0.25, 0.3) is 0 Å². The summed E-state index contributed by atoms with van der Waals surface area (Å²) >= 11 is 0. The van der Waals surface area contributed by atoms with Crippen LogP contribution < -0.4 is 0 Å². The van der Waals surface area contributed by atoms with Crippen molar-refractivity contribution in [3.8, 4) is 0 Å². The molecule has 0 spiro atoms. The van der Waals surface area contributed by atoms with Crippen LogP contribution >= 0.6 is 0 Å². The molecular formula is C15H20FNO2. The average Bonchev–Trinajstić information content (AvgIpc) is 2.91. The molecule has 1 saturated heterocycles. The smallest absolute Gasteiger partial charge is 0.179 e. The predicted octanol–water partition coefficient (Wildman–Crippen LogP) is 2.51. The van der Waals surface area contributed by atoms with Crippen molar-refractivity contribution >= 4 is 5.78 Å². The van der Waals surface area contributed by atoms with E-state index in [1.54, 1.807) is 12.1 Å². The van der Waals surface area contributed by atoms with Crippen LogP contribution in [0.3, 0.4) is 0 Å². The van der Waals surface area contributed by atoms with Gasteiger partial charge in [-0.3, -0.25) is 9.69 Å². The Kier molecular flexibility index (Phi) is 5.05. The fourth-order valence-electron chi connectivity index (χ4n) is 2.36. The van der Waals surface area contributed by atoms with Crippen molar-refractivity contribution in [3.05, 3.63) is 35.6 Å². The Bertz CT molecular complexity index is 430. The highest BCUT2D eigenvalue weighted by molar-refractivity contribution is 5.97. The lowest BCUT2D eigenvalue weighted by Gasteiger charge is -2.22. The molecule has 0 saturated carbocycles. The maximum absolute atomic E-state index is 13.5. The molecule has 0 amide bonds. The number of halogens is 1. The molecule has 1 aromatic carbocycles. The molecule has 19 heavy (non-hydrogen) atoms. The Balaban J connectivity index is 1.94. The summed E-state index contributed by atoms with van der Waals surface area (Å²) in [5.74, 6) is -0.612. The molecule has 1 atom stereocenters. The summed E-state index contributed by atoms with van der Waals surface area (Å²) in [4.78, 5) is 14.1. The monoisotopic (exact) mass is 265 g/mol. The van der Waals surface area contributed by atoms with Gasteiger partial charge in [-0.05, 0) is 31.5 Å². The SMILES string of the molecule is CCN(CC(=O)c1ccccc1F)CC1CCCO1. The Morgan fingerprint density at radius 2 is 2.26 bits per heavy atom. The van der Waals surface area contributed by atoms with E-state index in [4.69, 9.17) is 4.74 Å². The van der Waals surface area contributed by atoms with Crippen LogP contribution in [-0.4, -0.2) is 43.0 Å². The van der Waals surface area contributed by atoms with Crippen molar-refractivity contribution in [3.63, 3.8) is 0 Å². The van der Waals surface area contributed by atoms with Gasteiger partial charge in [0, 0.05) is 13.2 Å². The zero-order valence-electron chi connectivity index (χ0n) is 11.3. The number of hydrogen-bond acceptors (Lipinski definition) is 3. The van der Waals surface area contributed by atoms with Crippen LogP contribution in [-0.2, 0) is 4.74 Å². The minimum Gasteiger partial charge on any atom is -0.377 e. The minimum atomic E-state index is -0.444. The second-order valence-corrected chi connectivity index (χ2v) is 4.87. The molecule has 1 unspecified atom stereocenters. The zero-order chi connectivity index (χ0) is 13.7. The van der Waals surface area contributed by atoms with Crippen molar-refractivity contribution in [1.82, 2.24) is 4.90 Å². The highest BCUT2D eigenvalue weighted by Gasteiger charge is 2.21. The molecule has 1 heterocycles. The molecule has 1 aromatic rings. The summed E-state index contributed by atoms with van der Waals surface area (Å²) < 4.78 is 19.1. The number of Topliss-reactive ketones (excluding diaryl/α,β-unsaturated/α-hetero) is 1. The van der Waals surface area contributed by atoms with Crippen LogP contribution in [0, 0.1) is 5.82 Å². The zero-order valence-corrected chi connectivity index (χ0v) is 11.3. The number of hydrogen-bond donors (Lipinski definition) is 0. The first-order chi connectivity index (χ1) is 9.20. The van der Waals surface area contributed by atoms with Crippen LogP contribution in [0.1, 0.15) is 30.1 Å². The molecule has 1 aliphatic heterocycles.